The molecule has 2 aliphatic carbocycles. The lowest BCUT2D eigenvalue weighted by molar-refractivity contribution is -0.140. The molecule has 5 atom stereocenters. The van der Waals surface area contributed by atoms with Crippen LogP contribution < -0.4 is 20.1 Å². The first kappa shape index (κ1) is 35.4. The number of carbonyl (C=O) groups is 3. The molecule has 5 rings (SSSR count). The standard InChI is InChI=1S/C35H49N5O7S/c1-5-12-23(2)32(36-3)47-27-20-30-31(41)38-35(34(43)39-48(44,45)28-17-18-28)21-24(35)13-9-7-6-8-10-16-29(33(42)40(30)22-27)37-25-14-11-15-26(19-25)46-4/h5,11-12,14-15,19,24,27-30,37H,2,6-10,13,16-18,20-22H2,1,3-4H3,(H,38,41)(H,39,43)/b12-5-,36-32?/t24-,27-,29+,30+,35-/m1/s1. The van der Waals surface area contributed by atoms with E-state index in [2.05, 4.69) is 26.9 Å². The van der Waals surface area contributed by atoms with Gasteiger partial charge in [-0.3, -0.25) is 24.1 Å². The van der Waals surface area contributed by atoms with Crippen LogP contribution in [0.4, 0.5) is 5.69 Å². The van der Waals surface area contributed by atoms with Gasteiger partial charge in [0.2, 0.25) is 27.7 Å². The van der Waals surface area contributed by atoms with E-state index in [0.717, 1.165) is 37.8 Å². The summed E-state index contributed by atoms with van der Waals surface area (Å²) in [5.41, 5.74) is -0.0671. The molecule has 4 aliphatic rings. The van der Waals surface area contributed by atoms with Crippen LogP contribution in [0.5, 0.6) is 5.75 Å². The Labute approximate surface area is 283 Å². The van der Waals surface area contributed by atoms with Crippen LogP contribution >= 0.6 is 0 Å². The van der Waals surface area contributed by atoms with Crippen molar-refractivity contribution in [3.05, 3.63) is 48.6 Å². The third-order valence-corrected chi connectivity index (χ3v) is 11.6. The maximum absolute atomic E-state index is 14.5. The van der Waals surface area contributed by atoms with Gasteiger partial charge in [0, 0.05) is 30.8 Å². The van der Waals surface area contributed by atoms with Crippen molar-refractivity contribution in [1.82, 2.24) is 14.9 Å². The van der Waals surface area contributed by atoms with Crippen molar-refractivity contribution in [3.8, 4) is 5.75 Å². The van der Waals surface area contributed by atoms with E-state index in [-0.39, 0.29) is 24.8 Å². The van der Waals surface area contributed by atoms with Gasteiger partial charge < -0.3 is 25.0 Å². The predicted octanol–water partition coefficient (Wildman–Crippen LogP) is 3.85. The van der Waals surface area contributed by atoms with Crippen molar-refractivity contribution in [1.29, 1.82) is 0 Å². The van der Waals surface area contributed by atoms with Crippen LogP contribution in [0, 0.1) is 5.92 Å². The van der Waals surface area contributed by atoms with E-state index in [9.17, 15) is 22.8 Å². The molecule has 4 fully saturated rings. The average molecular weight is 684 g/mol. The molecule has 3 N–H and O–H groups in total. The molecule has 262 valence electrons. The van der Waals surface area contributed by atoms with Gasteiger partial charge in [0.15, 0.2) is 0 Å². The van der Waals surface area contributed by atoms with Crippen LogP contribution in [-0.2, 0) is 29.1 Å². The van der Waals surface area contributed by atoms with E-state index in [0.29, 0.717) is 49.3 Å². The van der Waals surface area contributed by atoms with Crippen molar-refractivity contribution >= 4 is 39.3 Å². The molecule has 12 nitrogen and oxygen atoms in total. The van der Waals surface area contributed by atoms with E-state index in [1.807, 2.05) is 37.3 Å². The molecule has 0 radical (unpaired) electrons. The minimum atomic E-state index is -3.82. The van der Waals surface area contributed by atoms with Crippen LogP contribution in [0.2, 0.25) is 0 Å². The summed E-state index contributed by atoms with van der Waals surface area (Å²) in [5.74, 6) is -0.694. The van der Waals surface area contributed by atoms with Gasteiger partial charge in [0.25, 0.3) is 5.91 Å². The molecule has 0 aromatic heterocycles. The fraction of sp³-hybridized carbons (Fsp3) is 0.600. The summed E-state index contributed by atoms with van der Waals surface area (Å²) in [6.45, 7) is 6.00. The topological polar surface area (TPSA) is 155 Å². The normalized spacial score (nSPS) is 28.7. The van der Waals surface area contributed by atoms with E-state index >= 15 is 0 Å². The first-order valence-electron chi connectivity index (χ1n) is 17.1. The Hall–Kier alpha value is -3.87. The number of nitrogens with one attached hydrogen (secondary N) is 3. The van der Waals surface area contributed by atoms with Crippen LogP contribution in [-0.4, -0.2) is 86.6 Å². The minimum Gasteiger partial charge on any atom is -0.497 e. The Morgan fingerprint density at radius 2 is 1.85 bits per heavy atom. The number of sulfonamides is 1. The Morgan fingerprint density at radius 3 is 2.54 bits per heavy atom. The molecule has 0 spiro atoms. The second kappa shape index (κ2) is 15.1. The van der Waals surface area contributed by atoms with Crippen molar-refractivity contribution in [2.45, 2.75) is 107 Å². The maximum Gasteiger partial charge on any atom is 0.259 e. The van der Waals surface area contributed by atoms with Gasteiger partial charge in [-0.15, -0.1) is 0 Å². The minimum absolute atomic E-state index is 0.119. The Morgan fingerprint density at radius 1 is 1.12 bits per heavy atom. The highest BCUT2D eigenvalue weighted by atomic mass is 32.2. The van der Waals surface area contributed by atoms with Crippen molar-refractivity contribution in [3.63, 3.8) is 0 Å². The quantitative estimate of drug-likeness (QED) is 0.202. The number of methoxy groups -OCH3 is 1. The van der Waals surface area contributed by atoms with E-state index in [1.54, 1.807) is 20.2 Å². The van der Waals surface area contributed by atoms with Crippen LogP contribution in [0.25, 0.3) is 0 Å². The Kier molecular flexibility index (Phi) is 11.2. The van der Waals surface area contributed by atoms with E-state index < -0.39 is 50.8 Å². The SMILES string of the molecule is C=C(/C=C\C)C(=NC)O[C@@H]1C[C@H]2C(=O)N[C@]3(C(=O)NS(=O)(=O)C4CC4)C[C@H]3CCCCCCC[C@H](Nc3cccc(OC)c3)C(=O)N2C1. The number of benzene rings is 1. The van der Waals surface area contributed by atoms with Crippen molar-refractivity contribution in [2.24, 2.45) is 10.9 Å². The number of nitrogens with zero attached hydrogens (tertiary/aromatic N) is 2. The summed E-state index contributed by atoms with van der Waals surface area (Å²) < 4.78 is 39.4. The smallest absolute Gasteiger partial charge is 0.259 e. The molecule has 2 heterocycles. The number of anilines is 1. The Balaban J connectivity index is 1.44. The second-order valence-corrected chi connectivity index (χ2v) is 15.3. The number of hydrogen-bond donors (Lipinski definition) is 3. The molecule has 13 heteroatoms. The number of rotatable bonds is 9. The third-order valence-electron chi connectivity index (χ3n) is 9.78. The van der Waals surface area contributed by atoms with Gasteiger partial charge in [-0.2, -0.15) is 0 Å². The lowest BCUT2D eigenvalue weighted by Gasteiger charge is -2.30. The number of amides is 3. The molecule has 0 bridgehead atoms. The number of hydrogen-bond acceptors (Lipinski definition) is 9. The fourth-order valence-corrected chi connectivity index (χ4v) is 8.23. The summed E-state index contributed by atoms with van der Waals surface area (Å²) in [5, 5.41) is 5.78. The number of carbonyl (C=O) groups excluding carboxylic acids is 3. The molecule has 2 aliphatic heterocycles. The number of aliphatic imine (C=N–C) groups is 1. The first-order valence-corrected chi connectivity index (χ1v) is 18.6. The monoisotopic (exact) mass is 683 g/mol. The second-order valence-electron chi connectivity index (χ2n) is 13.3. The zero-order valence-corrected chi connectivity index (χ0v) is 29.0. The summed E-state index contributed by atoms with van der Waals surface area (Å²) in [7, 11) is -0.641. The summed E-state index contributed by atoms with van der Waals surface area (Å²) in [6, 6.07) is 5.77. The highest BCUT2D eigenvalue weighted by Gasteiger charge is 2.62. The number of fused-ring (bicyclic) bond motifs is 2. The molecule has 48 heavy (non-hydrogen) atoms. The van der Waals surface area contributed by atoms with Gasteiger partial charge in [-0.05, 0) is 57.1 Å². The average Bonchev–Trinajstić information content (AvgIpc) is 3.99. The van der Waals surface area contributed by atoms with Gasteiger partial charge in [0.05, 0.1) is 18.9 Å². The van der Waals surface area contributed by atoms with Crippen LogP contribution in [0.1, 0.15) is 77.6 Å². The molecular formula is C35H49N5O7S. The first-order chi connectivity index (χ1) is 23.0. The van der Waals surface area contributed by atoms with Gasteiger partial charge in [-0.1, -0.05) is 56.9 Å². The number of ether oxygens (including phenoxy) is 2. The van der Waals surface area contributed by atoms with Crippen LogP contribution in [0.15, 0.2) is 53.6 Å². The van der Waals surface area contributed by atoms with Crippen molar-refractivity contribution < 1.29 is 32.3 Å². The fourth-order valence-electron chi connectivity index (χ4n) is 6.87. The number of allylic oxidation sites excluding steroid dienone is 1. The van der Waals surface area contributed by atoms with Gasteiger partial charge >= 0.3 is 0 Å². The van der Waals surface area contributed by atoms with Gasteiger partial charge in [-0.25, -0.2) is 8.42 Å². The largest absolute Gasteiger partial charge is 0.497 e. The maximum atomic E-state index is 14.5. The summed E-state index contributed by atoms with van der Waals surface area (Å²) >= 11 is 0. The highest BCUT2D eigenvalue weighted by Crippen LogP contribution is 2.48. The summed E-state index contributed by atoms with van der Waals surface area (Å²) in [4.78, 5) is 48.1. The van der Waals surface area contributed by atoms with E-state index in [1.165, 1.54) is 4.90 Å². The lowest BCUT2D eigenvalue weighted by Crippen LogP contribution is -2.57. The molecule has 3 amide bonds. The molecule has 1 aromatic rings. The molecule has 1 aromatic carbocycles. The Bertz CT molecular complexity index is 1560. The molecular weight excluding hydrogens is 634 g/mol. The third kappa shape index (κ3) is 8.22. The zero-order chi connectivity index (χ0) is 34.5. The lowest BCUT2D eigenvalue weighted by atomic mass is 10.0. The molecule has 2 saturated carbocycles. The van der Waals surface area contributed by atoms with Crippen molar-refractivity contribution in [2.75, 3.05) is 26.0 Å². The molecule has 2 saturated heterocycles. The van der Waals surface area contributed by atoms with Crippen LogP contribution in [0.3, 0.4) is 0 Å². The molecule has 0 unspecified atom stereocenters. The zero-order valence-electron chi connectivity index (χ0n) is 28.2. The summed E-state index contributed by atoms with van der Waals surface area (Å²) in [6.07, 6.45) is 10.3. The van der Waals surface area contributed by atoms with Gasteiger partial charge in [0.1, 0.15) is 29.5 Å². The van der Waals surface area contributed by atoms with E-state index in [4.69, 9.17) is 9.47 Å². The predicted molar refractivity (Wildman–Crippen MR) is 184 cm³/mol. The highest BCUT2D eigenvalue weighted by molar-refractivity contribution is 7.91.